The van der Waals surface area contributed by atoms with Gasteiger partial charge in [0.25, 0.3) is 0 Å². The van der Waals surface area contributed by atoms with Crippen molar-refractivity contribution in [2.45, 2.75) is 38.5 Å². The number of aromatic nitrogens is 1. The average molecular weight is 445 g/mol. The Bertz CT molecular complexity index is 1270. The van der Waals surface area contributed by atoms with Gasteiger partial charge in [-0.2, -0.15) is 0 Å². The number of nitrogens with one attached hydrogen (secondary N) is 1. The van der Waals surface area contributed by atoms with Crippen molar-refractivity contribution in [1.29, 1.82) is 0 Å². The van der Waals surface area contributed by atoms with Crippen LogP contribution in [0.25, 0.3) is 10.9 Å². The molecule has 1 aliphatic rings. The van der Waals surface area contributed by atoms with E-state index in [0.29, 0.717) is 5.02 Å². The van der Waals surface area contributed by atoms with Crippen LogP contribution < -0.4 is 5.32 Å². The number of hydrogen-bond acceptors (Lipinski definition) is 4. The highest BCUT2D eigenvalue weighted by Crippen LogP contribution is 2.36. The van der Waals surface area contributed by atoms with Crippen LogP contribution in [0.1, 0.15) is 35.2 Å². The first kappa shape index (κ1) is 20.7. The SMILES string of the molecule is Oc1cc(O)cc(CCc2ccc(Nc3c4c(nc5cc(Cl)ccc35)CCCC4)cc2)c1. The van der Waals surface area contributed by atoms with Gasteiger partial charge in [-0.05, 0) is 97.7 Å². The molecule has 4 nitrogen and oxygen atoms in total. The van der Waals surface area contributed by atoms with Gasteiger partial charge in [0.05, 0.1) is 11.2 Å². The second kappa shape index (κ2) is 8.71. The van der Waals surface area contributed by atoms with Gasteiger partial charge in [0.2, 0.25) is 0 Å². The maximum absolute atomic E-state index is 9.66. The molecule has 0 saturated carbocycles. The molecule has 0 atom stereocenters. The van der Waals surface area contributed by atoms with Gasteiger partial charge in [-0.15, -0.1) is 0 Å². The molecule has 0 aliphatic heterocycles. The molecule has 0 saturated heterocycles. The number of pyridine rings is 1. The molecule has 1 aliphatic carbocycles. The van der Waals surface area contributed by atoms with E-state index in [-0.39, 0.29) is 11.5 Å². The summed E-state index contributed by atoms with van der Waals surface area (Å²) in [5, 5.41) is 24.8. The minimum atomic E-state index is 0.0914. The number of halogens is 1. The fourth-order valence-corrected chi connectivity index (χ4v) is 4.70. The van der Waals surface area contributed by atoms with Crippen LogP contribution in [0.3, 0.4) is 0 Å². The van der Waals surface area contributed by atoms with E-state index in [9.17, 15) is 10.2 Å². The molecule has 32 heavy (non-hydrogen) atoms. The molecule has 0 amide bonds. The van der Waals surface area contributed by atoms with Crippen LogP contribution in [-0.2, 0) is 25.7 Å². The third-order valence-electron chi connectivity index (χ3n) is 6.11. The molecular weight excluding hydrogens is 420 g/mol. The zero-order chi connectivity index (χ0) is 22.1. The molecule has 1 aromatic heterocycles. The maximum atomic E-state index is 9.66. The zero-order valence-electron chi connectivity index (χ0n) is 17.7. The molecule has 0 radical (unpaired) electrons. The number of hydrogen-bond donors (Lipinski definition) is 3. The van der Waals surface area contributed by atoms with Crippen molar-refractivity contribution in [2.75, 3.05) is 5.32 Å². The van der Waals surface area contributed by atoms with Gasteiger partial charge >= 0.3 is 0 Å². The van der Waals surface area contributed by atoms with E-state index in [1.165, 1.54) is 35.7 Å². The van der Waals surface area contributed by atoms with Gasteiger partial charge in [-0.1, -0.05) is 23.7 Å². The van der Waals surface area contributed by atoms with E-state index in [2.05, 4.69) is 35.6 Å². The first-order valence-corrected chi connectivity index (χ1v) is 11.4. The Morgan fingerprint density at radius 3 is 2.31 bits per heavy atom. The summed E-state index contributed by atoms with van der Waals surface area (Å²) >= 11 is 6.23. The highest BCUT2D eigenvalue weighted by atomic mass is 35.5. The van der Waals surface area contributed by atoms with Crippen LogP contribution in [0.4, 0.5) is 11.4 Å². The predicted octanol–water partition coefficient (Wildman–Crippen LogP) is 6.71. The number of fused-ring (bicyclic) bond motifs is 2. The second-order valence-corrected chi connectivity index (χ2v) is 8.90. The van der Waals surface area contributed by atoms with E-state index in [1.54, 1.807) is 12.1 Å². The quantitative estimate of drug-likeness (QED) is 0.320. The minimum Gasteiger partial charge on any atom is -0.508 e. The molecule has 3 N–H and O–H groups in total. The summed E-state index contributed by atoms with van der Waals surface area (Å²) < 4.78 is 0. The Balaban J connectivity index is 1.38. The van der Waals surface area contributed by atoms with E-state index in [4.69, 9.17) is 16.6 Å². The van der Waals surface area contributed by atoms with Gasteiger partial charge in [0.1, 0.15) is 11.5 Å². The molecular formula is C27H25ClN2O2. The molecule has 3 aromatic carbocycles. The van der Waals surface area contributed by atoms with Crippen molar-refractivity contribution in [3.8, 4) is 11.5 Å². The number of anilines is 2. The Hall–Kier alpha value is -3.24. The summed E-state index contributed by atoms with van der Waals surface area (Å²) in [7, 11) is 0. The van der Waals surface area contributed by atoms with Crippen molar-refractivity contribution >= 4 is 33.9 Å². The minimum absolute atomic E-state index is 0.0914. The van der Waals surface area contributed by atoms with Gasteiger partial charge < -0.3 is 15.5 Å². The first-order valence-electron chi connectivity index (χ1n) is 11.0. The summed E-state index contributed by atoms with van der Waals surface area (Å²) in [6, 6.07) is 19.1. The fourth-order valence-electron chi connectivity index (χ4n) is 4.53. The van der Waals surface area contributed by atoms with Crippen molar-refractivity contribution < 1.29 is 10.2 Å². The first-order chi connectivity index (χ1) is 15.5. The lowest BCUT2D eigenvalue weighted by Gasteiger charge is -2.22. The molecule has 1 heterocycles. The number of aromatic hydroxyl groups is 2. The third-order valence-corrected chi connectivity index (χ3v) is 6.35. The Kier molecular flexibility index (Phi) is 5.62. The molecule has 4 aromatic rings. The van der Waals surface area contributed by atoms with E-state index in [0.717, 1.165) is 53.5 Å². The van der Waals surface area contributed by atoms with Crippen LogP contribution >= 0.6 is 11.6 Å². The van der Waals surface area contributed by atoms with Crippen LogP contribution in [0, 0.1) is 0 Å². The number of benzene rings is 3. The largest absolute Gasteiger partial charge is 0.508 e. The fraction of sp³-hybridized carbons (Fsp3) is 0.222. The lowest BCUT2D eigenvalue weighted by Crippen LogP contribution is -2.09. The van der Waals surface area contributed by atoms with Crippen molar-refractivity contribution in [3.05, 3.63) is 88.1 Å². The van der Waals surface area contributed by atoms with Crippen molar-refractivity contribution in [1.82, 2.24) is 4.98 Å². The van der Waals surface area contributed by atoms with Crippen LogP contribution in [-0.4, -0.2) is 15.2 Å². The number of nitrogens with zero attached hydrogens (tertiary/aromatic N) is 1. The normalized spacial score (nSPS) is 13.2. The number of rotatable bonds is 5. The summed E-state index contributed by atoms with van der Waals surface area (Å²) in [5.41, 5.74) is 7.73. The van der Waals surface area contributed by atoms with Gasteiger partial charge in [0.15, 0.2) is 0 Å². The molecule has 5 rings (SSSR count). The molecule has 0 unspecified atom stereocenters. The number of phenols is 2. The maximum Gasteiger partial charge on any atom is 0.119 e. The zero-order valence-corrected chi connectivity index (χ0v) is 18.5. The lowest BCUT2D eigenvalue weighted by atomic mass is 9.92. The van der Waals surface area contributed by atoms with Gasteiger partial charge in [-0.3, -0.25) is 4.98 Å². The monoisotopic (exact) mass is 444 g/mol. The molecule has 0 fully saturated rings. The van der Waals surface area contributed by atoms with E-state index < -0.39 is 0 Å². The standard InChI is InChI=1S/C27H25ClN2O2/c28-19-9-12-24-26(15-19)30-25-4-2-1-3-23(25)27(24)29-20-10-7-17(8-11-20)5-6-18-13-21(31)16-22(32)14-18/h7-16,31-32H,1-6H2,(H,29,30). The van der Waals surface area contributed by atoms with Crippen LogP contribution in [0.15, 0.2) is 60.7 Å². The van der Waals surface area contributed by atoms with Crippen molar-refractivity contribution in [3.63, 3.8) is 0 Å². The highest BCUT2D eigenvalue weighted by molar-refractivity contribution is 6.31. The van der Waals surface area contributed by atoms with Gasteiger partial charge in [-0.25, -0.2) is 0 Å². The Morgan fingerprint density at radius 2 is 1.53 bits per heavy atom. The predicted molar refractivity (Wildman–Crippen MR) is 130 cm³/mol. The second-order valence-electron chi connectivity index (χ2n) is 8.46. The molecule has 162 valence electrons. The highest BCUT2D eigenvalue weighted by Gasteiger charge is 2.18. The topological polar surface area (TPSA) is 65.4 Å². The van der Waals surface area contributed by atoms with E-state index >= 15 is 0 Å². The van der Waals surface area contributed by atoms with Crippen molar-refractivity contribution in [2.24, 2.45) is 0 Å². The molecule has 5 heteroatoms. The summed E-state index contributed by atoms with van der Waals surface area (Å²) in [6.07, 6.45) is 5.99. The summed E-state index contributed by atoms with van der Waals surface area (Å²) in [5.74, 6) is 0.183. The smallest absolute Gasteiger partial charge is 0.119 e. The summed E-state index contributed by atoms with van der Waals surface area (Å²) in [6.45, 7) is 0. The van der Waals surface area contributed by atoms with Gasteiger partial charge in [0, 0.05) is 27.9 Å². The third kappa shape index (κ3) is 4.37. The lowest BCUT2D eigenvalue weighted by molar-refractivity contribution is 0.449. The Labute approximate surface area is 192 Å². The average Bonchev–Trinajstić information content (AvgIpc) is 2.77. The Morgan fingerprint density at radius 1 is 0.812 bits per heavy atom. The molecule has 0 bridgehead atoms. The van der Waals surface area contributed by atoms with Crippen LogP contribution in [0.5, 0.6) is 11.5 Å². The number of phenolic OH excluding ortho intramolecular Hbond substituents is 2. The van der Waals surface area contributed by atoms with Crippen LogP contribution in [0.2, 0.25) is 5.02 Å². The van der Waals surface area contributed by atoms with E-state index in [1.807, 2.05) is 12.1 Å². The molecule has 0 spiro atoms. The summed E-state index contributed by atoms with van der Waals surface area (Å²) in [4.78, 5) is 4.90. The number of aryl methyl sites for hydroxylation is 3.